The largest absolute Gasteiger partial charge is 0.497 e. The van der Waals surface area contributed by atoms with Gasteiger partial charge in [0.25, 0.3) is 5.91 Å². The SMILES string of the molecule is COc1ccc(NC(=O)c2cnc(Nc3ccccc3F)nc2)cc1. The van der Waals surface area contributed by atoms with Gasteiger partial charge >= 0.3 is 0 Å². The predicted molar refractivity (Wildman–Crippen MR) is 92.7 cm³/mol. The van der Waals surface area contributed by atoms with Crippen LogP contribution in [0.3, 0.4) is 0 Å². The summed E-state index contributed by atoms with van der Waals surface area (Å²) in [4.78, 5) is 20.3. The molecule has 0 bridgehead atoms. The molecule has 0 aliphatic heterocycles. The van der Waals surface area contributed by atoms with E-state index in [1.54, 1.807) is 49.6 Å². The molecule has 0 atom stereocenters. The number of aromatic nitrogens is 2. The Bertz CT molecular complexity index is 867. The summed E-state index contributed by atoms with van der Waals surface area (Å²) >= 11 is 0. The van der Waals surface area contributed by atoms with Crippen LogP contribution in [0.2, 0.25) is 0 Å². The van der Waals surface area contributed by atoms with Gasteiger partial charge in [-0.25, -0.2) is 14.4 Å². The monoisotopic (exact) mass is 338 g/mol. The topological polar surface area (TPSA) is 76.1 Å². The Morgan fingerprint density at radius 1 is 1.04 bits per heavy atom. The Morgan fingerprint density at radius 3 is 2.36 bits per heavy atom. The first-order chi connectivity index (χ1) is 12.2. The molecule has 0 unspecified atom stereocenters. The van der Waals surface area contributed by atoms with Crippen molar-refractivity contribution in [2.75, 3.05) is 17.7 Å². The lowest BCUT2D eigenvalue weighted by Crippen LogP contribution is -2.13. The van der Waals surface area contributed by atoms with Crippen molar-refractivity contribution in [3.8, 4) is 5.75 Å². The Balaban J connectivity index is 1.66. The van der Waals surface area contributed by atoms with Gasteiger partial charge in [0, 0.05) is 18.1 Å². The zero-order valence-corrected chi connectivity index (χ0v) is 13.4. The smallest absolute Gasteiger partial charge is 0.258 e. The summed E-state index contributed by atoms with van der Waals surface area (Å²) in [5.41, 5.74) is 1.17. The molecule has 3 rings (SSSR count). The highest BCUT2D eigenvalue weighted by Crippen LogP contribution is 2.17. The van der Waals surface area contributed by atoms with Crippen molar-refractivity contribution >= 4 is 23.2 Å². The van der Waals surface area contributed by atoms with Crippen LogP contribution >= 0.6 is 0 Å². The Morgan fingerprint density at radius 2 is 1.72 bits per heavy atom. The number of nitrogens with one attached hydrogen (secondary N) is 2. The maximum absolute atomic E-state index is 13.6. The van der Waals surface area contributed by atoms with Gasteiger partial charge in [-0.2, -0.15) is 0 Å². The highest BCUT2D eigenvalue weighted by molar-refractivity contribution is 6.03. The fourth-order valence-corrected chi connectivity index (χ4v) is 2.07. The summed E-state index contributed by atoms with van der Waals surface area (Å²) < 4.78 is 18.7. The van der Waals surface area contributed by atoms with Crippen molar-refractivity contribution in [1.82, 2.24) is 9.97 Å². The number of amides is 1. The maximum Gasteiger partial charge on any atom is 0.258 e. The number of ether oxygens (including phenoxy) is 1. The first-order valence-corrected chi connectivity index (χ1v) is 7.45. The third kappa shape index (κ3) is 4.08. The van der Waals surface area contributed by atoms with Crippen molar-refractivity contribution in [2.45, 2.75) is 0 Å². The van der Waals surface area contributed by atoms with E-state index in [9.17, 15) is 9.18 Å². The Labute approximate surface area is 143 Å². The fraction of sp³-hybridized carbons (Fsp3) is 0.0556. The molecule has 1 heterocycles. The molecule has 2 N–H and O–H groups in total. The Hall–Kier alpha value is -3.48. The van der Waals surface area contributed by atoms with Crippen LogP contribution in [0.1, 0.15) is 10.4 Å². The molecule has 0 radical (unpaired) electrons. The molecule has 0 fully saturated rings. The number of methoxy groups -OCH3 is 1. The molecule has 7 heteroatoms. The lowest BCUT2D eigenvalue weighted by Gasteiger charge is -2.08. The summed E-state index contributed by atoms with van der Waals surface area (Å²) in [6.45, 7) is 0. The minimum Gasteiger partial charge on any atom is -0.497 e. The van der Waals surface area contributed by atoms with E-state index in [1.807, 2.05) is 0 Å². The van der Waals surface area contributed by atoms with E-state index >= 15 is 0 Å². The summed E-state index contributed by atoms with van der Waals surface area (Å²) in [6, 6.07) is 13.1. The van der Waals surface area contributed by atoms with E-state index in [1.165, 1.54) is 18.5 Å². The first kappa shape index (κ1) is 16.4. The van der Waals surface area contributed by atoms with Gasteiger partial charge in [0.1, 0.15) is 11.6 Å². The molecule has 6 nitrogen and oxygen atoms in total. The predicted octanol–water partition coefficient (Wildman–Crippen LogP) is 3.62. The molecule has 2 aromatic carbocycles. The van der Waals surface area contributed by atoms with Crippen LogP contribution in [0, 0.1) is 5.82 Å². The summed E-state index contributed by atoms with van der Waals surface area (Å²) in [5.74, 6) is 0.144. The number of carbonyl (C=O) groups excluding carboxylic acids is 1. The molecule has 0 saturated heterocycles. The highest BCUT2D eigenvalue weighted by atomic mass is 19.1. The van der Waals surface area contributed by atoms with Gasteiger partial charge in [0.05, 0.1) is 18.4 Å². The van der Waals surface area contributed by atoms with Gasteiger partial charge in [-0.05, 0) is 36.4 Å². The summed E-state index contributed by atoms with van der Waals surface area (Å²) in [5, 5.41) is 5.49. The molecule has 0 aliphatic rings. The van der Waals surface area contributed by atoms with Gasteiger partial charge in [-0.15, -0.1) is 0 Å². The number of nitrogens with zero attached hydrogens (tertiary/aromatic N) is 2. The van der Waals surface area contributed by atoms with Crippen LogP contribution in [0.4, 0.5) is 21.7 Å². The van der Waals surface area contributed by atoms with E-state index in [0.29, 0.717) is 11.4 Å². The molecule has 0 saturated carbocycles. The normalized spacial score (nSPS) is 10.2. The summed E-state index contributed by atoms with van der Waals surface area (Å²) in [6.07, 6.45) is 2.74. The number of rotatable bonds is 5. The van der Waals surface area contributed by atoms with Crippen molar-refractivity contribution in [1.29, 1.82) is 0 Å². The van der Waals surface area contributed by atoms with E-state index in [4.69, 9.17) is 4.74 Å². The molecule has 0 spiro atoms. The number of anilines is 3. The maximum atomic E-state index is 13.6. The van der Waals surface area contributed by atoms with Crippen LogP contribution in [-0.2, 0) is 0 Å². The summed E-state index contributed by atoms with van der Waals surface area (Å²) in [7, 11) is 1.57. The van der Waals surface area contributed by atoms with Crippen molar-refractivity contribution in [2.24, 2.45) is 0 Å². The number of halogens is 1. The number of benzene rings is 2. The highest BCUT2D eigenvalue weighted by Gasteiger charge is 2.09. The first-order valence-electron chi connectivity index (χ1n) is 7.45. The molecule has 0 aliphatic carbocycles. The number of hydrogen-bond donors (Lipinski definition) is 2. The average molecular weight is 338 g/mol. The van der Waals surface area contributed by atoms with Gasteiger partial charge in [0.15, 0.2) is 0 Å². The fourth-order valence-electron chi connectivity index (χ4n) is 2.07. The van der Waals surface area contributed by atoms with Crippen molar-refractivity contribution in [3.63, 3.8) is 0 Å². The van der Waals surface area contributed by atoms with Crippen molar-refractivity contribution in [3.05, 3.63) is 72.3 Å². The number of para-hydroxylation sites is 1. The van der Waals surface area contributed by atoms with Crippen molar-refractivity contribution < 1.29 is 13.9 Å². The third-order valence-electron chi connectivity index (χ3n) is 3.38. The van der Waals surface area contributed by atoms with E-state index in [0.717, 1.165) is 0 Å². The van der Waals surface area contributed by atoms with Crippen LogP contribution in [0.25, 0.3) is 0 Å². The molecule has 126 valence electrons. The second-order valence-corrected chi connectivity index (χ2v) is 5.08. The van der Waals surface area contributed by atoms with Gasteiger partial charge < -0.3 is 15.4 Å². The van der Waals surface area contributed by atoms with Crippen LogP contribution < -0.4 is 15.4 Å². The van der Waals surface area contributed by atoms with E-state index < -0.39 is 5.82 Å². The molecular formula is C18H15FN4O2. The van der Waals surface area contributed by atoms with E-state index in [2.05, 4.69) is 20.6 Å². The number of carbonyl (C=O) groups is 1. The number of hydrogen-bond acceptors (Lipinski definition) is 5. The molecule has 25 heavy (non-hydrogen) atoms. The van der Waals surface area contributed by atoms with Crippen LogP contribution in [0.15, 0.2) is 60.9 Å². The second-order valence-electron chi connectivity index (χ2n) is 5.08. The zero-order valence-electron chi connectivity index (χ0n) is 13.4. The molecule has 1 amide bonds. The quantitative estimate of drug-likeness (QED) is 0.743. The van der Waals surface area contributed by atoms with Crippen LogP contribution in [-0.4, -0.2) is 23.0 Å². The minimum absolute atomic E-state index is 0.200. The van der Waals surface area contributed by atoms with Gasteiger partial charge in [0.2, 0.25) is 5.95 Å². The minimum atomic E-state index is -0.410. The third-order valence-corrected chi connectivity index (χ3v) is 3.38. The molecular weight excluding hydrogens is 323 g/mol. The lowest BCUT2D eigenvalue weighted by atomic mass is 10.2. The lowest BCUT2D eigenvalue weighted by molar-refractivity contribution is 0.102. The van der Waals surface area contributed by atoms with Gasteiger partial charge in [-0.1, -0.05) is 12.1 Å². The zero-order chi connectivity index (χ0) is 17.6. The van der Waals surface area contributed by atoms with E-state index in [-0.39, 0.29) is 23.1 Å². The average Bonchev–Trinajstić information content (AvgIpc) is 2.65. The van der Waals surface area contributed by atoms with Crippen LogP contribution in [0.5, 0.6) is 5.75 Å². The molecule has 3 aromatic rings. The Kier molecular flexibility index (Phi) is 4.84. The van der Waals surface area contributed by atoms with Gasteiger partial charge in [-0.3, -0.25) is 4.79 Å². The standard InChI is InChI=1S/C18H15FN4O2/c1-25-14-8-6-13(7-9-14)22-17(24)12-10-20-18(21-11-12)23-16-5-3-2-4-15(16)19/h2-11H,1H3,(H,22,24)(H,20,21,23). The molecule has 1 aromatic heterocycles. The second kappa shape index (κ2) is 7.39.